The molecule has 14 heavy (non-hydrogen) atoms. The van der Waals surface area contributed by atoms with Gasteiger partial charge in [-0.15, -0.1) is 22.7 Å². The Balaban J connectivity index is 2.37. The summed E-state index contributed by atoms with van der Waals surface area (Å²) in [5.41, 5.74) is 0.738. The topological polar surface area (TPSA) is 23.8 Å². The van der Waals surface area contributed by atoms with Crippen LogP contribution in [0.2, 0.25) is 0 Å². The lowest BCUT2D eigenvalue weighted by Crippen LogP contribution is -1.72. The Labute approximate surface area is 90.6 Å². The van der Waals surface area contributed by atoms with Crippen molar-refractivity contribution < 1.29 is 0 Å². The smallest absolute Gasteiger partial charge is 0.101 e. The van der Waals surface area contributed by atoms with E-state index in [0.717, 1.165) is 15.3 Å². The van der Waals surface area contributed by atoms with Crippen LogP contribution in [-0.4, -0.2) is 0 Å². The molecule has 68 valence electrons. The Morgan fingerprint density at radius 2 is 2.00 bits per heavy atom. The fraction of sp³-hybridized carbons (Fsp3) is 0. The van der Waals surface area contributed by atoms with Crippen molar-refractivity contribution in [3.63, 3.8) is 0 Å². The SMILES string of the molecule is N#C/C(=C/c1cccs1)c1cccs1. The normalized spacial score (nSPS) is 11.2. The van der Waals surface area contributed by atoms with Gasteiger partial charge in [-0.25, -0.2) is 0 Å². The molecule has 2 aromatic heterocycles. The summed E-state index contributed by atoms with van der Waals surface area (Å²) in [6, 6.07) is 10.1. The van der Waals surface area contributed by atoms with Gasteiger partial charge in [-0.05, 0) is 29.0 Å². The number of rotatable bonds is 2. The van der Waals surface area contributed by atoms with E-state index in [2.05, 4.69) is 6.07 Å². The Bertz CT molecular complexity index is 458. The highest BCUT2D eigenvalue weighted by molar-refractivity contribution is 7.12. The molecule has 0 N–H and O–H groups in total. The van der Waals surface area contributed by atoms with E-state index in [4.69, 9.17) is 5.26 Å². The van der Waals surface area contributed by atoms with E-state index in [1.165, 1.54) is 0 Å². The second kappa shape index (κ2) is 4.23. The van der Waals surface area contributed by atoms with E-state index < -0.39 is 0 Å². The van der Waals surface area contributed by atoms with Crippen molar-refractivity contribution in [3.05, 3.63) is 44.8 Å². The molecule has 0 aromatic carbocycles. The lowest BCUT2D eigenvalue weighted by Gasteiger charge is -1.91. The first-order valence-corrected chi connectivity index (χ1v) is 5.85. The highest BCUT2D eigenvalue weighted by Gasteiger charge is 2.01. The van der Waals surface area contributed by atoms with E-state index in [1.54, 1.807) is 22.7 Å². The molecule has 0 saturated heterocycles. The zero-order valence-corrected chi connectivity index (χ0v) is 8.94. The number of allylic oxidation sites excluding steroid dienone is 1. The first kappa shape index (κ1) is 9.20. The third kappa shape index (κ3) is 1.92. The second-order valence-corrected chi connectivity index (χ2v) is 4.59. The molecule has 2 rings (SSSR count). The Kier molecular flexibility index (Phi) is 2.78. The molecule has 3 heteroatoms. The summed E-state index contributed by atoms with van der Waals surface area (Å²) in [7, 11) is 0. The lowest BCUT2D eigenvalue weighted by atomic mass is 10.2. The van der Waals surface area contributed by atoms with Gasteiger partial charge >= 0.3 is 0 Å². The van der Waals surface area contributed by atoms with Crippen LogP contribution in [0, 0.1) is 11.3 Å². The third-order valence-corrected chi connectivity index (χ3v) is 3.46. The van der Waals surface area contributed by atoms with Crippen molar-refractivity contribution in [2.75, 3.05) is 0 Å². The molecule has 0 aliphatic heterocycles. The van der Waals surface area contributed by atoms with Gasteiger partial charge < -0.3 is 0 Å². The van der Waals surface area contributed by atoms with Gasteiger partial charge in [0.2, 0.25) is 0 Å². The summed E-state index contributed by atoms with van der Waals surface area (Å²) in [5, 5.41) is 13.0. The van der Waals surface area contributed by atoms with E-state index >= 15 is 0 Å². The van der Waals surface area contributed by atoms with Gasteiger partial charge in [-0.2, -0.15) is 5.26 Å². The Morgan fingerprint density at radius 3 is 2.57 bits per heavy atom. The minimum absolute atomic E-state index is 0.738. The number of hydrogen-bond donors (Lipinski definition) is 0. The van der Waals surface area contributed by atoms with Crippen molar-refractivity contribution in [3.8, 4) is 6.07 Å². The summed E-state index contributed by atoms with van der Waals surface area (Å²) < 4.78 is 0. The molecule has 0 unspecified atom stereocenters. The predicted molar refractivity (Wildman–Crippen MR) is 62.1 cm³/mol. The van der Waals surface area contributed by atoms with Gasteiger partial charge in [0.15, 0.2) is 0 Å². The van der Waals surface area contributed by atoms with Gasteiger partial charge in [0.05, 0.1) is 5.57 Å². The van der Waals surface area contributed by atoms with Crippen molar-refractivity contribution in [1.29, 1.82) is 5.26 Å². The van der Waals surface area contributed by atoms with Gasteiger partial charge in [-0.3, -0.25) is 0 Å². The standard InChI is InChI=1S/C11H7NS2/c12-8-9(11-4-2-6-14-11)7-10-3-1-5-13-10/h1-7H/b9-7-. The maximum absolute atomic E-state index is 8.99. The largest absolute Gasteiger partial charge is 0.192 e. The number of hydrogen-bond acceptors (Lipinski definition) is 3. The zero-order chi connectivity index (χ0) is 9.80. The summed E-state index contributed by atoms with van der Waals surface area (Å²) in [4.78, 5) is 2.15. The Morgan fingerprint density at radius 1 is 1.21 bits per heavy atom. The Hall–Kier alpha value is -1.37. The third-order valence-electron chi connectivity index (χ3n) is 1.74. The van der Waals surface area contributed by atoms with Crippen LogP contribution >= 0.6 is 22.7 Å². The number of nitrogens with zero attached hydrogens (tertiary/aromatic N) is 1. The first-order valence-electron chi connectivity index (χ1n) is 4.09. The molecule has 0 aliphatic carbocycles. The van der Waals surface area contributed by atoms with Crippen LogP contribution < -0.4 is 0 Å². The van der Waals surface area contributed by atoms with Crippen molar-refractivity contribution in [1.82, 2.24) is 0 Å². The van der Waals surface area contributed by atoms with E-state index in [0.29, 0.717) is 0 Å². The van der Waals surface area contributed by atoms with Crippen molar-refractivity contribution >= 4 is 34.3 Å². The van der Waals surface area contributed by atoms with Crippen molar-refractivity contribution in [2.24, 2.45) is 0 Å². The van der Waals surface area contributed by atoms with Crippen LogP contribution in [0.25, 0.3) is 11.6 Å². The summed E-state index contributed by atoms with van der Waals surface area (Å²) in [6.45, 7) is 0. The molecular weight excluding hydrogens is 210 g/mol. The lowest BCUT2D eigenvalue weighted by molar-refractivity contribution is 1.54. The van der Waals surface area contributed by atoms with Gasteiger partial charge in [0.1, 0.15) is 6.07 Å². The summed E-state index contributed by atoms with van der Waals surface area (Å²) >= 11 is 3.23. The summed E-state index contributed by atoms with van der Waals surface area (Å²) in [6.07, 6.45) is 1.93. The van der Waals surface area contributed by atoms with E-state index in [1.807, 2.05) is 41.1 Å². The molecular formula is C11H7NS2. The van der Waals surface area contributed by atoms with E-state index in [-0.39, 0.29) is 0 Å². The average Bonchev–Trinajstić information content (AvgIpc) is 2.86. The fourth-order valence-corrected chi connectivity index (χ4v) is 2.46. The van der Waals surface area contributed by atoms with Crippen LogP contribution in [0.3, 0.4) is 0 Å². The van der Waals surface area contributed by atoms with Crippen LogP contribution in [0.15, 0.2) is 35.0 Å². The minimum atomic E-state index is 0.738. The average molecular weight is 217 g/mol. The van der Waals surface area contributed by atoms with Gasteiger partial charge in [0, 0.05) is 9.75 Å². The molecule has 0 saturated carbocycles. The van der Waals surface area contributed by atoms with Gasteiger partial charge in [-0.1, -0.05) is 12.1 Å². The number of nitriles is 1. The van der Waals surface area contributed by atoms with Crippen LogP contribution in [-0.2, 0) is 0 Å². The molecule has 2 aromatic rings. The molecule has 0 amide bonds. The monoisotopic (exact) mass is 217 g/mol. The first-order chi connectivity index (χ1) is 6.90. The van der Waals surface area contributed by atoms with Crippen LogP contribution in [0.5, 0.6) is 0 Å². The zero-order valence-electron chi connectivity index (χ0n) is 7.31. The molecule has 0 radical (unpaired) electrons. The second-order valence-electron chi connectivity index (χ2n) is 2.66. The molecule has 0 bridgehead atoms. The highest BCUT2D eigenvalue weighted by Crippen LogP contribution is 2.23. The minimum Gasteiger partial charge on any atom is -0.192 e. The highest BCUT2D eigenvalue weighted by atomic mass is 32.1. The molecule has 2 heterocycles. The van der Waals surface area contributed by atoms with Gasteiger partial charge in [0.25, 0.3) is 0 Å². The summed E-state index contributed by atoms with van der Waals surface area (Å²) in [5.74, 6) is 0. The molecule has 0 atom stereocenters. The number of thiophene rings is 2. The van der Waals surface area contributed by atoms with Crippen molar-refractivity contribution in [2.45, 2.75) is 0 Å². The molecule has 0 fully saturated rings. The predicted octanol–water partition coefficient (Wildman–Crippen LogP) is 3.87. The molecule has 0 aliphatic rings. The quantitative estimate of drug-likeness (QED) is 0.700. The molecule has 1 nitrogen and oxygen atoms in total. The van der Waals surface area contributed by atoms with E-state index in [9.17, 15) is 0 Å². The maximum atomic E-state index is 8.99. The fourth-order valence-electron chi connectivity index (χ4n) is 1.11. The van der Waals surface area contributed by atoms with Crippen LogP contribution in [0.4, 0.5) is 0 Å². The van der Waals surface area contributed by atoms with Crippen LogP contribution in [0.1, 0.15) is 9.75 Å². The maximum Gasteiger partial charge on any atom is 0.101 e. The molecule has 0 spiro atoms.